The van der Waals surface area contributed by atoms with Gasteiger partial charge in [-0.15, -0.1) is 0 Å². The maximum absolute atomic E-state index is 11.3. The third kappa shape index (κ3) is 1.50. The van der Waals surface area contributed by atoms with Crippen molar-refractivity contribution in [3.63, 3.8) is 0 Å². The third-order valence-corrected chi connectivity index (χ3v) is 1.82. The van der Waals surface area contributed by atoms with Crippen LogP contribution in [0.15, 0.2) is 42.7 Å². The van der Waals surface area contributed by atoms with Gasteiger partial charge in [-0.05, 0) is 12.1 Å². The molecule has 0 fully saturated rings. The van der Waals surface area contributed by atoms with Crippen LogP contribution in [0.4, 0.5) is 0 Å². The summed E-state index contributed by atoms with van der Waals surface area (Å²) < 4.78 is 1.24. The van der Waals surface area contributed by atoms with Crippen LogP contribution < -0.4 is 9.46 Å². The van der Waals surface area contributed by atoms with Crippen molar-refractivity contribution in [2.75, 3.05) is 0 Å². The molecule has 0 spiro atoms. The molecule has 0 amide bonds. The Labute approximate surface area is 80.8 Å². The van der Waals surface area contributed by atoms with Gasteiger partial charge >= 0.3 is 6.20 Å². The minimum absolute atomic E-state index is 0.415. The average Bonchev–Trinajstić information content (AvgIpc) is 2.18. The van der Waals surface area contributed by atoms with E-state index in [0.717, 1.165) is 0 Å². The molecule has 2 aromatic heterocycles. The summed E-state index contributed by atoms with van der Waals surface area (Å²) >= 11 is 0. The lowest BCUT2D eigenvalue weighted by Crippen LogP contribution is -2.30. The molecule has 4 nitrogen and oxygen atoms in total. The number of pyridine rings is 2. The van der Waals surface area contributed by atoms with Crippen LogP contribution in [0.3, 0.4) is 0 Å². The van der Waals surface area contributed by atoms with Gasteiger partial charge < -0.3 is 10.4 Å². The summed E-state index contributed by atoms with van der Waals surface area (Å²) in [6, 6.07) is 8.24. The zero-order valence-corrected chi connectivity index (χ0v) is 7.25. The number of hydrogen-bond acceptors (Lipinski definition) is 2. The maximum Gasteiger partial charge on any atom is 0.304 e. The fourth-order valence-electron chi connectivity index (χ4n) is 1.19. The summed E-state index contributed by atoms with van der Waals surface area (Å²) in [4.78, 5) is 0. The van der Waals surface area contributed by atoms with E-state index in [1.807, 2.05) is 0 Å². The SMILES string of the molecule is [O-][n+]1[c]c(-c2cccc[n+]2[O-])ccc1. The predicted molar refractivity (Wildman–Crippen MR) is 48.6 cm³/mol. The molecule has 0 atom stereocenters. The van der Waals surface area contributed by atoms with Crippen LogP contribution in [0, 0.1) is 16.6 Å². The Hall–Kier alpha value is -2.10. The number of nitrogens with zero attached hydrogens (tertiary/aromatic N) is 2. The first-order valence-corrected chi connectivity index (χ1v) is 4.07. The number of aromatic nitrogens is 2. The van der Waals surface area contributed by atoms with E-state index in [-0.39, 0.29) is 0 Å². The first kappa shape index (κ1) is 8.50. The van der Waals surface area contributed by atoms with E-state index < -0.39 is 0 Å². The Morgan fingerprint density at radius 3 is 2.57 bits per heavy atom. The minimum Gasteiger partial charge on any atom is -0.618 e. The largest absolute Gasteiger partial charge is 0.618 e. The Kier molecular flexibility index (Phi) is 2.02. The van der Waals surface area contributed by atoms with E-state index in [0.29, 0.717) is 20.7 Å². The van der Waals surface area contributed by atoms with Gasteiger partial charge in [0.15, 0.2) is 12.4 Å². The normalized spacial score (nSPS) is 10.0. The topological polar surface area (TPSA) is 53.9 Å². The van der Waals surface area contributed by atoms with E-state index in [2.05, 4.69) is 6.20 Å². The van der Waals surface area contributed by atoms with Gasteiger partial charge in [-0.2, -0.15) is 9.46 Å². The Morgan fingerprint density at radius 2 is 1.86 bits per heavy atom. The molecular weight excluding hydrogens is 180 g/mol. The monoisotopic (exact) mass is 187 g/mol. The standard InChI is InChI=1S/C10H7N2O2/c13-11-6-3-4-9(8-11)10-5-1-2-7-12(10)14/h1-7H. The van der Waals surface area contributed by atoms with Gasteiger partial charge in [0.2, 0.25) is 5.69 Å². The first-order valence-electron chi connectivity index (χ1n) is 4.07. The van der Waals surface area contributed by atoms with Crippen LogP contribution in [-0.2, 0) is 0 Å². The number of rotatable bonds is 1. The molecule has 69 valence electrons. The van der Waals surface area contributed by atoms with Gasteiger partial charge in [-0.25, -0.2) is 0 Å². The van der Waals surface area contributed by atoms with Crippen LogP contribution >= 0.6 is 0 Å². The van der Waals surface area contributed by atoms with Crippen molar-refractivity contribution < 1.29 is 9.46 Å². The molecule has 0 unspecified atom stereocenters. The van der Waals surface area contributed by atoms with E-state index in [1.54, 1.807) is 30.3 Å². The summed E-state index contributed by atoms with van der Waals surface area (Å²) in [5, 5.41) is 22.2. The third-order valence-electron chi connectivity index (χ3n) is 1.82. The number of hydrogen-bond donors (Lipinski definition) is 0. The van der Waals surface area contributed by atoms with Gasteiger partial charge in [0.1, 0.15) is 5.56 Å². The highest BCUT2D eigenvalue weighted by Crippen LogP contribution is 2.10. The first-order chi connectivity index (χ1) is 6.77. The van der Waals surface area contributed by atoms with Crippen LogP contribution in [-0.4, -0.2) is 0 Å². The van der Waals surface area contributed by atoms with E-state index in [4.69, 9.17) is 0 Å². The second kappa shape index (κ2) is 3.33. The second-order valence-electron chi connectivity index (χ2n) is 2.77. The lowest BCUT2D eigenvalue weighted by Gasteiger charge is -2.01. The zero-order chi connectivity index (χ0) is 9.97. The van der Waals surface area contributed by atoms with Crippen molar-refractivity contribution in [1.82, 2.24) is 0 Å². The molecule has 4 heteroatoms. The predicted octanol–water partition coefficient (Wildman–Crippen LogP) is 0.421. The fraction of sp³-hybridized carbons (Fsp3) is 0. The fourth-order valence-corrected chi connectivity index (χ4v) is 1.19. The van der Waals surface area contributed by atoms with Gasteiger partial charge in [-0.1, -0.05) is 0 Å². The van der Waals surface area contributed by atoms with Gasteiger partial charge in [0.25, 0.3) is 0 Å². The summed E-state index contributed by atoms with van der Waals surface area (Å²) in [7, 11) is 0. The van der Waals surface area contributed by atoms with Crippen molar-refractivity contribution in [2.24, 2.45) is 0 Å². The molecular formula is C10H7N2O2. The lowest BCUT2D eigenvalue weighted by atomic mass is 10.2. The van der Waals surface area contributed by atoms with E-state index >= 15 is 0 Å². The molecule has 0 aromatic carbocycles. The van der Waals surface area contributed by atoms with E-state index in [1.165, 1.54) is 12.4 Å². The highest BCUT2D eigenvalue weighted by molar-refractivity contribution is 5.52. The zero-order valence-electron chi connectivity index (χ0n) is 7.25. The van der Waals surface area contributed by atoms with Gasteiger partial charge in [0, 0.05) is 18.2 Å². The van der Waals surface area contributed by atoms with Gasteiger partial charge in [-0.3, -0.25) is 0 Å². The molecule has 0 saturated heterocycles. The summed E-state index contributed by atoms with van der Waals surface area (Å²) in [5.74, 6) is 0. The Balaban J connectivity index is 2.55. The van der Waals surface area contributed by atoms with Gasteiger partial charge in [0.05, 0.1) is 0 Å². The summed E-state index contributed by atoms with van der Waals surface area (Å²) in [5.41, 5.74) is 0.899. The summed E-state index contributed by atoms with van der Waals surface area (Å²) in [6.45, 7) is 0. The van der Waals surface area contributed by atoms with Crippen molar-refractivity contribution in [3.05, 3.63) is 59.3 Å². The molecule has 1 radical (unpaired) electrons. The van der Waals surface area contributed by atoms with Crippen molar-refractivity contribution in [2.45, 2.75) is 0 Å². The Morgan fingerprint density at radius 1 is 1.00 bits per heavy atom. The molecule has 2 heterocycles. The maximum atomic E-state index is 11.3. The molecule has 14 heavy (non-hydrogen) atoms. The smallest absolute Gasteiger partial charge is 0.304 e. The van der Waals surface area contributed by atoms with Crippen molar-refractivity contribution >= 4 is 0 Å². The molecule has 0 bridgehead atoms. The molecule has 0 aliphatic carbocycles. The van der Waals surface area contributed by atoms with Crippen LogP contribution in [0.1, 0.15) is 0 Å². The minimum atomic E-state index is 0.415. The highest BCUT2D eigenvalue weighted by Gasteiger charge is 2.10. The van der Waals surface area contributed by atoms with Crippen molar-refractivity contribution in [3.8, 4) is 11.3 Å². The molecule has 2 rings (SSSR count). The molecule has 0 aliphatic rings. The van der Waals surface area contributed by atoms with Crippen LogP contribution in [0.25, 0.3) is 11.3 Å². The molecule has 0 saturated carbocycles. The summed E-state index contributed by atoms with van der Waals surface area (Å²) in [6.07, 6.45) is 5.21. The average molecular weight is 187 g/mol. The Bertz CT molecular complexity index is 457. The lowest BCUT2D eigenvalue weighted by molar-refractivity contribution is -0.612. The van der Waals surface area contributed by atoms with Crippen LogP contribution in [0.2, 0.25) is 0 Å². The second-order valence-corrected chi connectivity index (χ2v) is 2.77. The van der Waals surface area contributed by atoms with Crippen molar-refractivity contribution in [1.29, 1.82) is 0 Å². The van der Waals surface area contributed by atoms with Crippen LogP contribution in [0.5, 0.6) is 0 Å². The quantitative estimate of drug-likeness (QED) is 0.480. The van der Waals surface area contributed by atoms with E-state index in [9.17, 15) is 10.4 Å². The molecule has 0 N–H and O–H groups in total. The molecule has 0 aliphatic heterocycles. The highest BCUT2D eigenvalue weighted by atomic mass is 16.5. The molecule has 2 aromatic rings.